The summed E-state index contributed by atoms with van der Waals surface area (Å²) in [6.45, 7) is 3.62. The van der Waals surface area contributed by atoms with E-state index < -0.39 is 17.5 Å². The quantitative estimate of drug-likeness (QED) is 0.669. The van der Waals surface area contributed by atoms with Gasteiger partial charge in [0.25, 0.3) is 0 Å². The molecule has 0 amide bonds. The van der Waals surface area contributed by atoms with Crippen LogP contribution >= 0.6 is 11.6 Å². The van der Waals surface area contributed by atoms with Gasteiger partial charge >= 0.3 is 11.9 Å². The minimum Gasteiger partial charge on any atom is -0.464 e. The van der Waals surface area contributed by atoms with E-state index in [-0.39, 0.29) is 36.7 Å². The molecule has 1 aromatic carbocycles. The van der Waals surface area contributed by atoms with Crippen LogP contribution in [-0.4, -0.2) is 30.3 Å². The SMILES string of the molecule is CCOC(=O)/C=C1\CC(O)(C(=O)OCC)c2ccc(Cl)cc2O1. The number of esters is 2. The van der Waals surface area contributed by atoms with Crippen LogP contribution in [0.25, 0.3) is 0 Å². The van der Waals surface area contributed by atoms with Gasteiger partial charge in [-0.2, -0.15) is 0 Å². The van der Waals surface area contributed by atoms with E-state index in [9.17, 15) is 14.7 Å². The van der Waals surface area contributed by atoms with Crippen molar-refractivity contribution in [1.82, 2.24) is 0 Å². The van der Waals surface area contributed by atoms with E-state index >= 15 is 0 Å². The lowest BCUT2D eigenvalue weighted by atomic mass is 9.86. The van der Waals surface area contributed by atoms with Gasteiger partial charge in [0.2, 0.25) is 0 Å². The molecule has 0 saturated heterocycles. The molecule has 1 atom stereocenters. The topological polar surface area (TPSA) is 82.1 Å². The Balaban J connectivity index is 2.46. The molecule has 2 rings (SSSR count). The van der Waals surface area contributed by atoms with Gasteiger partial charge in [0.05, 0.1) is 25.7 Å². The number of carbonyl (C=O) groups excluding carboxylic acids is 2. The molecule has 0 saturated carbocycles. The average Bonchev–Trinajstić information content (AvgIpc) is 2.47. The second kappa shape index (κ2) is 7.02. The van der Waals surface area contributed by atoms with Crippen LogP contribution in [0.4, 0.5) is 0 Å². The first-order chi connectivity index (χ1) is 10.9. The van der Waals surface area contributed by atoms with Gasteiger partial charge in [-0.1, -0.05) is 17.7 Å². The highest BCUT2D eigenvalue weighted by atomic mass is 35.5. The predicted molar refractivity (Wildman–Crippen MR) is 81.9 cm³/mol. The summed E-state index contributed by atoms with van der Waals surface area (Å²) in [5, 5.41) is 11.2. The van der Waals surface area contributed by atoms with Crippen molar-refractivity contribution in [1.29, 1.82) is 0 Å². The third kappa shape index (κ3) is 3.65. The van der Waals surface area contributed by atoms with Crippen molar-refractivity contribution in [3.63, 3.8) is 0 Å². The van der Waals surface area contributed by atoms with E-state index in [2.05, 4.69) is 0 Å². The molecule has 1 aliphatic heterocycles. The first-order valence-electron chi connectivity index (χ1n) is 7.15. The zero-order valence-electron chi connectivity index (χ0n) is 12.8. The Kier molecular flexibility index (Phi) is 5.28. The molecule has 1 heterocycles. The maximum atomic E-state index is 12.2. The predicted octanol–water partition coefficient (Wildman–Crippen LogP) is 2.32. The molecule has 6 nitrogen and oxygen atoms in total. The lowest BCUT2D eigenvalue weighted by Gasteiger charge is -2.33. The summed E-state index contributed by atoms with van der Waals surface area (Å²) in [5.41, 5.74) is -1.71. The Morgan fingerprint density at radius 2 is 2.04 bits per heavy atom. The number of ether oxygens (including phenoxy) is 3. The van der Waals surface area contributed by atoms with Gasteiger partial charge in [-0.25, -0.2) is 9.59 Å². The molecule has 0 bridgehead atoms. The first kappa shape index (κ1) is 17.3. The molecule has 0 spiro atoms. The highest BCUT2D eigenvalue weighted by Crippen LogP contribution is 2.42. The highest BCUT2D eigenvalue weighted by Gasteiger charge is 2.46. The van der Waals surface area contributed by atoms with Crippen LogP contribution in [0.1, 0.15) is 25.8 Å². The Bertz CT molecular complexity index is 654. The van der Waals surface area contributed by atoms with Gasteiger partial charge in [0, 0.05) is 10.6 Å². The van der Waals surface area contributed by atoms with Crippen molar-refractivity contribution >= 4 is 23.5 Å². The Morgan fingerprint density at radius 1 is 1.35 bits per heavy atom. The Hall–Kier alpha value is -2.05. The molecule has 7 heteroatoms. The maximum Gasteiger partial charge on any atom is 0.343 e. The number of hydrogen-bond donors (Lipinski definition) is 1. The molecule has 0 fully saturated rings. The molecule has 0 radical (unpaired) electrons. The van der Waals surface area contributed by atoms with Crippen LogP contribution in [0.3, 0.4) is 0 Å². The summed E-state index contributed by atoms with van der Waals surface area (Å²) in [4.78, 5) is 23.8. The molecular weight excluding hydrogens is 324 g/mol. The third-order valence-electron chi connectivity index (χ3n) is 3.24. The molecule has 1 aromatic rings. The van der Waals surface area contributed by atoms with Gasteiger partial charge in [0.1, 0.15) is 11.5 Å². The van der Waals surface area contributed by atoms with Gasteiger partial charge in [-0.15, -0.1) is 0 Å². The zero-order valence-corrected chi connectivity index (χ0v) is 13.6. The number of benzene rings is 1. The van der Waals surface area contributed by atoms with E-state index in [0.29, 0.717) is 5.02 Å². The zero-order chi connectivity index (χ0) is 17.0. The van der Waals surface area contributed by atoms with Gasteiger partial charge in [0.15, 0.2) is 5.60 Å². The van der Waals surface area contributed by atoms with Crippen molar-refractivity contribution in [2.24, 2.45) is 0 Å². The van der Waals surface area contributed by atoms with Crippen molar-refractivity contribution < 1.29 is 28.9 Å². The molecule has 1 aliphatic rings. The number of aliphatic hydroxyl groups is 1. The van der Waals surface area contributed by atoms with Crippen LogP contribution in [0, 0.1) is 0 Å². The Labute approximate surface area is 138 Å². The Morgan fingerprint density at radius 3 is 2.70 bits per heavy atom. The molecule has 1 N–H and O–H groups in total. The second-order valence-corrected chi connectivity index (χ2v) is 5.30. The average molecular weight is 341 g/mol. The van der Waals surface area contributed by atoms with Gasteiger partial charge < -0.3 is 19.3 Å². The standard InChI is InChI=1S/C16H17ClO6/c1-3-21-14(18)8-11-9-16(20,15(19)22-4-2)12-6-5-10(17)7-13(12)23-11/h5-8,20H,3-4,9H2,1-2H3/b11-8+. The largest absolute Gasteiger partial charge is 0.464 e. The number of carbonyl (C=O) groups is 2. The third-order valence-corrected chi connectivity index (χ3v) is 3.47. The van der Waals surface area contributed by atoms with Crippen LogP contribution in [-0.2, 0) is 24.7 Å². The summed E-state index contributed by atoms with van der Waals surface area (Å²) in [7, 11) is 0. The summed E-state index contributed by atoms with van der Waals surface area (Å²) < 4.78 is 15.3. The van der Waals surface area contributed by atoms with Crippen LogP contribution < -0.4 is 4.74 Å². The molecule has 124 valence electrons. The summed E-state index contributed by atoms with van der Waals surface area (Å²) in [5.74, 6) is -1.16. The van der Waals surface area contributed by atoms with Crippen molar-refractivity contribution in [2.75, 3.05) is 13.2 Å². The van der Waals surface area contributed by atoms with Gasteiger partial charge in [-0.05, 0) is 26.0 Å². The van der Waals surface area contributed by atoms with Crippen LogP contribution in [0.2, 0.25) is 5.02 Å². The number of rotatable bonds is 4. The fourth-order valence-corrected chi connectivity index (χ4v) is 2.44. The minimum atomic E-state index is -1.95. The number of fused-ring (bicyclic) bond motifs is 1. The fourth-order valence-electron chi connectivity index (χ4n) is 2.28. The van der Waals surface area contributed by atoms with E-state index in [1.165, 1.54) is 18.2 Å². The molecule has 0 aliphatic carbocycles. The summed E-state index contributed by atoms with van der Waals surface area (Å²) in [6, 6.07) is 4.49. The van der Waals surface area contributed by atoms with E-state index in [0.717, 1.165) is 6.08 Å². The first-order valence-corrected chi connectivity index (χ1v) is 7.53. The van der Waals surface area contributed by atoms with Crippen LogP contribution in [0.15, 0.2) is 30.0 Å². The monoisotopic (exact) mass is 340 g/mol. The molecular formula is C16H17ClO6. The van der Waals surface area contributed by atoms with E-state index in [1.54, 1.807) is 13.8 Å². The molecule has 23 heavy (non-hydrogen) atoms. The van der Waals surface area contributed by atoms with Crippen molar-refractivity contribution in [3.8, 4) is 5.75 Å². The molecule has 1 unspecified atom stereocenters. The fraction of sp³-hybridized carbons (Fsp3) is 0.375. The minimum absolute atomic E-state index is 0.0915. The summed E-state index contributed by atoms with van der Waals surface area (Å²) >= 11 is 5.92. The lowest BCUT2D eigenvalue weighted by Crippen LogP contribution is -2.41. The van der Waals surface area contributed by atoms with E-state index in [4.69, 9.17) is 25.8 Å². The molecule has 0 aromatic heterocycles. The number of hydrogen-bond acceptors (Lipinski definition) is 6. The highest BCUT2D eigenvalue weighted by molar-refractivity contribution is 6.30. The second-order valence-electron chi connectivity index (χ2n) is 4.86. The van der Waals surface area contributed by atoms with Crippen LogP contribution in [0.5, 0.6) is 5.75 Å². The maximum absolute atomic E-state index is 12.2. The van der Waals surface area contributed by atoms with E-state index in [1.807, 2.05) is 0 Å². The summed E-state index contributed by atoms with van der Waals surface area (Å²) in [6.07, 6.45) is 0.858. The van der Waals surface area contributed by atoms with Gasteiger partial charge in [-0.3, -0.25) is 0 Å². The number of halogens is 1. The van der Waals surface area contributed by atoms with Crippen molar-refractivity contribution in [3.05, 3.63) is 40.6 Å². The lowest BCUT2D eigenvalue weighted by molar-refractivity contribution is -0.168. The normalized spacial score (nSPS) is 21.3. The van der Waals surface area contributed by atoms with Crippen molar-refractivity contribution in [2.45, 2.75) is 25.9 Å². The smallest absolute Gasteiger partial charge is 0.343 e.